The Morgan fingerprint density at radius 2 is 2.00 bits per heavy atom. The molecule has 0 atom stereocenters. The van der Waals surface area contributed by atoms with Gasteiger partial charge in [-0.05, 0) is 42.0 Å². The molecule has 0 aromatic heterocycles. The second kappa shape index (κ2) is 5.43. The summed E-state index contributed by atoms with van der Waals surface area (Å²) in [5.74, 6) is 0.501. The number of halogens is 2. The van der Waals surface area contributed by atoms with Crippen LogP contribution in [0.4, 0.5) is 4.39 Å². The normalized spacial score (nSPS) is 10.5. The van der Waals surface area contributed by atoms with Crippen molar-refractivity contribution in [2.75, 3.05) is 0 Å². The van der Waals surface area contributed by atoms with E-state index in [1.54, 1.807) is 24.3 Å². The van der Waals surface area contributed by atoms with Crippen LogP contribution in [0.25, 0.3) is 0 Å². The fourth-order valence-corrected chi connectivity index (χ4v) is 2.59. The van der Waals surface area contributed by atoms with Gasteiger partial charge in [0.1, 0.15) is 11.6 Å². The zero-order valence-corrected chi connectivity index (χ0v) is 10.4. The molecule has 0 aliphatic carbocycles. The lowest BCUT2D eigenvalue weighted by molar-refractivity contribution is 0.474. The molecule has 2 rings (SSSR count). The molecule has 0 heterocycles. The van der Waals surface area contributed by atoms with E-state index in [2.05, 4.69) is 0 Å². The second-order valence-corrected chi connectivity index (χ2v) is 4.98. The number of hydrogen-bond donors (Lipinski definition) is 1. The molecule has 1 nitrogen and oxygen atoms in total. The molecule has 0 saturated heterocycles. The zero-order valence-electron chi connectivity index (χ0n) is 8.86. The summed E-state index contributed by atoms with van der Waals surface area (Å²) in [4.78, 5) is 0.922. The summed E-state index contributed by atoms with van der Waals surface area (Å²) in [7, 11) is 0. The van der Waals surface area contributed by atoms with Crippen LogP contribution in [0.1, 0.15) is 5.56 Å². The fourth-order valence-electron chi connectivity index (χ4n) is 1.39. The Bertz CT molecular complexity index is 531. The van der Waals surface area contributed by atoms with E-state index >= 15 is 0 Å². The number of phenolic OH excluding ortho intramolecular Hbond substituents is 1. The van der Waals surface area contributed by atoms with E-state index in [0.717, 1.165) is 10.5 Å². The van der Waals surface area contributed by atoms with Gasteiger partial charge in [0.15, 0.2) is 0 Å². The molecule has 0 bridgehead atoms. The number of phenols is 1. The summed E-state index contributed by atoms with van der Waals surface area (Å²) in [6.45, 7) is 0. The van der Waals surface area contributed by atoms with Gasteiger partial charge >= 0.3 is 0 Å². The molecule has 2 aromatic carbocycles. The van der Waals surface area contributed by atoms with Crippen molar-refractivity contribution >= 4 is 23.4 Å². The van der Waals surface area contributed by atoms with E-state index in [-0.39, 0.29) is 11.6 Å². The lowest BCUT2D eigenvalue weighted by atomic mass is 10.2. The lowest BCUT2D eigenvalue weighted by Crippen LogP contribution is -1.85. The predicted molar refractivity (Wildman–Crippen MR) is 69.1 cm³/mol. The van der Waals surface area contributed by atoms with Crippen LogP contribution in [0.3, 0.4) is 0 Å². The van der Waals surface area contributed by atoms with E-state index in [1.807, 2.05) is 6.07 Å². The Hall–Kier alpha value is -1.19. The number of benzene rings is 2. The van der Waals surface area contributed by atoms with E-state index in [1.165, 1.54) is 23.9 Å². The molecule has 0 amide bonds. The first-order chi connectivity index (χ1) is 8.15. The van der Waals surface area contributed by atoms with Crippen molar-refractivity contribution in [2.45, 2.75) is 10.6 Å². The molecule has 1 N–H and O–H groups in total. The molecule has 17 heavy (non-hydrogen) atoms. The topological polar surface area (TPSA) is 20.2 Å². The molecular weight excluding hydrogens is 259 g/mol. The highest BCUT2D eigenvalue weighted by Crippen LogP contribution is 2.28. The van der Waals surface area contributed by atoms with Crippen LogP contribution in [0.15, 0.2) is 47.4 Å². The van der Waals surface area contributed by atoms with Crippen molar-refractivity contribution in [3.8, 4) is 5.75 Å². The van der Waals surface area contributed by atoms with Gasteiger partial charge in [0.25, 0.3) is 0 Å². The minimum absolute atomic E-state index is 0.223. The number of thioether (sulfide) groups is 1. The Morgan fingerprint density at radius 1 is 1.18 bits per heavy atom. The number of hydrogen-bond acceptors (Lipinski definition) is 2. The smallest absolute Gasteiger partial charge is 0.123 e. The Balaban J connectivity index is 2.09. The number of rotatable bonds is 3. The van der Waals surface area contributed by atoms with Crippen LogP contribution in [-0.2, 0) is 5.75 Å². The zero-order chi connectivity index (χ0) is 12.3. The van der Waals surface area contributed by atoms with E-state index in [0.29, 0.717) is 10.8 Å². The summed E-state index contributed by atoms with van der Waals surface area (Å²) in [5.41, 5.74) is 0.750. The molecule has 0 unspecified atom stereocenters. The third-order valence-corrected chi connectivity index (χ3v) is 3.63. The van der Waals surface area contributed by atoms with Gasteiger partial charge in [-0.25, -0.2) is 4.39 Å². The minimum atomic E-state index is -0.291. The summed E-state index contributed by atoms with van der Waals surface area (Å²) in [6, 6.07) is 11.2. The van der Waals surface area contributed by atoms with E-state index < -0.39 is 0 Å². The third-order valence-electron chi connectivity index (χ3n) is 2.22. The van der Waals surface area contributed by atoms with Crippen LogP contribution in [-0.4, -0.2) is 5.11 Å². The summed E-state index contributed by atoms with van der Waals surface area (Å²) < 4.78 is 13.0. The molecule has 0 aliphatic heterocycles. The molecule has 4 heteroatoms. The highest BCUT2D eigenvalue weighted by Gasteiger charge is 2.03. The molecule has 0 fully saturated rings. The third kappa shape index (κ3) is 3.38. The van der Waals surface area contributed by atoms with Crippen LogP contribution in [0, 0.1) is 5.82 Å². The summed E-state index contributed by atoms with van der Waals surface area (Å²) in [6.07, 6.45) is 0. The lowest BCUT2D eigenvalue weighted by Gasteiger charge is -2.05. The van der Waals surface area contributed by atoms with Crippen LogP contribution in [0.5, 0.6) is 5.75 Å². The predicted octanol–water partition coefficient (Wildman–Crippen LogP) is 4.48. The van der Waals surface area contributed by atoms with Crippen LogP contribution >= 0.6 is 23.4 Å². The first-order valence-corrected chi connectivity index (χ1v) is 6.37. The van der Waals surface area contributed by atoms with Gasteiger partial charge in [-0.1, -0.05) is 17.7 Å². The van der Waals surface area contributed by atoms with Crippen molar-refractivity contribution in [3.05, 3.63) is 58.9 Å². The van der Waals surface area contributed by atoms with Gasteiger partial charge in [-0.15, -0.1) is 11.8 Å². The average molecular weight is 269 g/mol. The largest absolute Gasteiger partial charge is 0.508 e. The molecule has 2 aromatic rings. The van der Waals surface area contributed by atoms with Gasteiger partial charge in [0, 0.05) is 15.7 Å². The fraction of sp³-hybridized carbons (Fsp3) is 0.0769. The first-order valence-electron chi connectivity index (χ1n) is 5.01. The molecule has 0 radical (unpaired) electrons. The summed E-state index contributed by atoms with van der Waals surface area (Å²) >= 11 is 7.46. The Labute approximate surface area is 108 Å². The van der Waals surface area contributed by atoms with Gasteiger partial charge in [-0.2, -0.15) is 0 Å². The van der Waals surface area contributed by atoms with Crippen LogP contribution < -0.4 is 0 Å². The quantitative estimate of drug-likeness (QED) is 0.829. The standard InChI is InChI=1S/C13H10ClFOS/c14-13-5-4-10(15)6-9(13)8-17-12-3-1-2-11(16)7-12/h1-7,16H,8H2. The molecule has 0 aliphatic rings. The van der Waals surface area contributed by atoms with E-state index in [9.17, 15) is 9.50 Å². The molecule has 88 valence electrons. The van der Waals surface area contributed by atoms with E-state index in [4.69, 9.17) is 11.6 Å². The average Bonchev–Trinajstić information content (AvgIpc) is 2.30. The maximum atomic E-state index is 13.0. The highest BCUT2D eigenvalue weighted by atomic mass is 35.5. The second-order valence-electron chi connectivity index (χ2n) is 3.52. The van der Waals surface area contributed by atoms with Gasteiger partial charge in [0.2, 0.25) is 0 Å². The molecule has 0 saturated carbocycles. The monoisotopic (exact) mass is 268 g/mol. The van der Waals surface area contributed by atoms with Gasteiger partial charge in [-0.3, -0.25) is 0 Å². The van der Waals surface area contributed by atoms with Crippen molar-refractivity contribution in [1.82, 2.24) is 0 Å². The van der Waals surface area contributed by atoms with Gasteiger partial charge < -0.3 is 5.11 Å². The maximum absolute atomic E-state index is 13.0. The highest BCUT2D eigenvalue weighted by molar-refractivity contribution is 7.98. The maximum Gasteiger partial charge on any atom is 0.123 e. The Morgan fingerprint density at radius 3 is 2.76 bits per heavy atom. The SMILES string of the molecule is Oc1cccc(SCc2cc(F)ccc2Cl)c1. The number of aromatic hydroxyl groups is 1. The van der Waals surface area contributed by atoms with Gasteiger partial charge in [0.05, 0.1) is 0 Å². The van der Waals surface area contributed by atoms with Crippen molar-refractivity contribution < 1.29 is 9.50 Å². The molecule has 0 spiro atoms. The van der Waals surface area contributed by atoms with Crippen molar-refractivity contribution in [3.63, 3.8) is 0 Å². The van der Waals surface area contributed by atoms with Crippen molar-refractivity contribution in [2.24, 2.45) is 0 Å². The first kappa shape index (κ1) is 12.3. The van der Waals surface area contributed by atoms with Crippen molar-refractivity contribution in [1.29, 1.82) is 0 Å². The van der Waals surface area contributed by atoms with Crippen LogP contribution in [0.2, 0.25) is 5.02 Å². The minimum Gasteiger partial charge on any atom is -0.508 e. The molecular formula is C13H10ClFOS. The summed E-state index contributed by atoms with van der Waals surface area (Å²) in [5, 5.41) is 9.86. The Kier molecular flexibility index (Phi) is 3.92.